The van der Waals surface area contributed by atoms with Crippen LogP contribution in [0.4, 0.5) is 5.13 Å². The molecule has 1 aromatic heterocycles. The van der Waals surface area contributed by atoms with Crippen LogP contribution in [0.3, 0.4) is 0 Å². The minimum atomic E-state index is 0.203. The first-order valence-corrected chi connectivity index (χ1v) is 8.09. The van der Waals surface area contributed by atoms with E-state index in [0.717, 1.165) is 15.6 Å². The lowest BCUT2D eigenvalue weighted by atomic mass is 10.0. The van der Waals surface area contributed by atoms with E-state index in [0.29, 0.717) is 15.7 Å². The molecule has 2 aromatic carbocycles. The van der Waals surface area contributed by atoms with Crippen LogP contribution in [0.5, 0.6) is 5.75 Å². The largest absolute Gasteiger partial charge is 0.507 e. The Balaban J connectivity index is 2.17. The van der Waals surface area contributed by atoms with Crippen LogP contribution >= 0.6 is 27.3 Å². The molecule has 0 unspecified atom stereocenters. The molecular weight excluding hydrogens is 362 g/mol. The van der Waals surface area contributed by atoms with Crippen molar-refractivity contribution >= 4 is 44.0 Å². The van der Waals surface area contributed by atoms with Gasteiger partial charge < -0.3 is 10.8 Å². The molecule has 4 nitrogen and oxygen atoms in total. The van der Waals surface area contributed by atoms with Crippen LogP contribution in [0.15, 0.2) is 53.0 Å². The maximum atomic E-state index is 10.1. The second kappa shape index (κ2) is 6.29. The van der Waals surface area contributed by atoms with Crippen molar-refractivity contribution in [3.8, 4) is 5.75 Å². The number of benzene rings is 2. The summed E-state index contributed by atoms with van der Waals surface area (Å²) in [5.41, 5.74) is 8.25. The highest BCUT2D eigenvalue weighted by molar-refractivity contribution is 9.10. The van der Waals surface area contributed by atoms with Crippen molar-refractivity contribution in [1.82, 2.24) is 10.2 Å². The van der Waals surface area contributed by atoms with Crippen molar-refractivity contribution in [3.05, 3.63) is 69.1 Å². The molecule has 0 amide bonds. The Bertz CT molecular complexity index is 830. The Hall–Kier alpha value is -2.18. The van der Waals surface area contributed by atoms with Gasteiger partial charge in [-0.2, -0.15) is 0 Å². The molecule has 3 rings (SSSR count). The normalized spacial score (nSPS) is 11.6. The SMILES string of the molecule is Nc1nnc(/C(=C/c2cc(Br)ccc2O)c2ccccc2)s1. The van der Waals surface area contributed by atoms with Crippen LogP contribution in [0, 0.1) is 0 Å². The quantitative estimate of drug-likeness (QED) is 0.675. The zero-order valence-corrected chi connectivity index (χ0v) is 13.8. The standard InChI is InChI=1S/C16H12BrN3OS/c17-12-6-7-14(21)11(8-12)9-13(10-4-2-1-3-5-10)15-19-20-16(18)22-15/h1-9,21H,(H2,18,20)/b13-9+. The molecule has 0 radical (unpaired) electrons. The van der Waals surface area contributed by atoms with Crippen LogP contribution in [0.25, 0.3) is 11.6 Å². The summed E-state index contributed by atoms with van der Waals surface area (Å²) in [4.78, 5) is 0. The lowest BCUT2D eigenvalue weighted by Gasteiger charge is -2.06. The number of aromatic nitrogens is 2. The summed E-state index contributed by atoms with van der Waals surface area (Å²) in [5.74, 6) is 0.203. The zero-order chi connectivity index (χ0) is 15.5. The fourth-order valence-electron chi connectivity index (χ4n) is 2.03. The molecule has 6 heteroatoms. The van der Waals surface area contributed by atoms with Gasteiger partial charge in [-0.3, -0.25) is 0 Å². The predicted octanol–water partition coefficient (Wildman–Crippen LogP) is 4.18. The number of aromatic hydroxyl groups is 1. The lowest BCUT2D eigenvalue weighted by molar-refractivity contribution is 0.474. The Morgan fingerprint density at radius 1 is 1.14 bits per heavy atom. The molecule has 0 fully saturated rings. The molecule has 0 spiro atoms. The number of hydrogen-bond acceptors (Lipinski definition) is 5. The molecule has 0 aliphatic carbocycles. The molecule has 22 heavy (non-hydrogen) atoms. The molecule has 0 bridgehead atoms. The van der Waals surface area contributed by atoms with Gasteiger partial charge >= 0.3 is 0 Å². The number of nitrogens with zero attached hydrogens (tertiary/aromatic N) is 2. The number of anilines is 1. The van der Waals surface area contributed by atoms with Crippen LogP contribution < -0.4 is 5.73 Å². The van der Waals surface area contributed by atoms with E-state index >= 15 is 0 Å². The van der Waals surface area contributed by atoms with E-state index in [9.17, 15) is 5.11 Å². The first-order valence-electron chi connectivity index (χ1n) is 6.48. The number of nitrogen functional groups attached to an aromatic ring is 1. The third-order valence-electron chi connectivity index (χ3n) is 3.05. The molecule has 0 aliphatic rings. The van der Waals surface area contributed by atoms with Crippen molar-refractivity contribution in [2.24, 2.45) is 0 Å². The van der Waals surface area contributed by atoms with Crippen LogP contribution in [0.1, 0.15) is 16.1 Å². The van der Waals surface area contributed by atoms with Gasteiger partial charge in [-0.05, 0) is 29.8 Å². The third-order valence-corrected chi connectivity index (χ3v) is 4.32. The monoisotopic (exact) mass is 373 g/mol. The average molecular weight is 374 g/mol. The molecule has 1 heterocycles. The van der Waals surface area contributed by atoms with E-state index in [1.807, 2.05) is 42.5 Å². The highest BCUT2D eigenvalue weighted by Gasteiger charge is 2.12. The number of phenols is 1. The molecule has 3 aromatic rings. The van der Waals surface area contributed by atoms with Gasteiger partial charge in [0.05, 0.1) is 0 Å². The Morgan fingerprint density at radius 3 is 2.59 bits per heavy atom. The molecule has 0 saturated carbocycles. The predicted molar refractivity (Wildman–Crippen MR) is 93.5 cm³/mol. The molecule has 0 saturated heterocycles. The summed E-state index contributed by atoms with van der Waals surface area (Å²) in [7, 11) is 0. The summed E-state index contributed by atoms with van der Waals surface area (Å²) in [6, 6.07) is 15.1. The van der Waals surface area contributed by atoms with Gasteiger partial charge in [-0.1, -0.05) is 57.6 Å². The Kier molecular flexibility index (Phi) is 4.22. The number of phenolic OH excluding ortho intramolecular Hbond substituents is 1. The van der Waals surface area contributed by atoms with Gasteiger partial charge in [0.1, 0.15) is 10.8 Å². The lowest BCUT2D eigenvalue weighted by Crippen LogP contribution is -1.88. The van der Waals surface area contributed by atoms with Crippen molar-refractivity contribution in [1.29, 1.82) is 0 Å². The first kappa shape index (κ1) is 14.7. The number of hydrogen-bond donors (Lipinski definition) is 2. The highest BCUT2D eigenvalue weighted by atomic mass is 79.9. The highest BCUT2D eigenvalue weighted by Crippen LogP contribution is 2.32. The number of rotatable bonds is 3. The van der Waals surface area contributed by atoms with Gasteiger partial charge in [0.25, 0.3) is 0 Å². The zero-order valence-electron chi connectivity index (χ0n) is 11.4. The summed E-state index contributed by atoms with van der Waals surface area (Å²) in [6.45, 7) is 0. The summed E-state index contributed by atoms with van der Waals surface area (Å²) in [6.07, 6.45) is 1.88. The molecule has 110 valence electrons. The van der Waals surface area contributed by atoms with Gasteiger partial charge in [0, 0.05) is 15.6 Å². The van der Waals surface area contributed by atoms with Crippen molar-refractivity contribution in [2.75, 3.05) is 5.73 Å². The first-order chi connectivity index (χ1) is 10.6. The fraction of sp³-hybridized carbons (Fsp3) is 0. The molecule has 3 N–H and O–H groups in total. The second-order valence-electron chi connectivity index (χ2n) is 4.57. The van der Waals surface area contributed by atoms with Gasteiger partial charge in [-0.15, -0.1) is 10.2 Å². The maximum absolute atomic E-state index is 10.1. The van der Waals surface area contributed by atoms with Crippen LogP contribution in [-0.4, -0.2) is 15.3 Å². The van der Waals surface area contributed by atoms with E-state index in [1.165, 1.54) is 11.3 Å². The Labute approximate surface area is 140 Å². The van der Waals surface area contributed by atoms with Crippen LogP contribution in [0.2, 0.25) is 0 Å². The minimum Gasteiger partial charge on any atom is -0.507 e. The number of halogens is 1. The molecular formula is C16H12BrN3OS. The Morgan fingerprint density at radius 2 is 1.91 bits per heavy atom. The summed E-state index contributed by atoms with van der Waals surface area (Å²) >= 11 is 4.73. The van der Waals surface area contributed by atoms with Gasteiger partial charge in [0.15, 0.2) is 0 Å². The molecule has 0 aliphatic heterocycles. The van der Waals surface area contributed by atoms with Crippen molar-refractivity contribution in [2.45, 2.75) is 0 Å². The average Bonchev–Trinajstić information content (AvgIpc) is 2.95. The fourth-order valence-corrected chi connectivity index (χ4v) is 3.05. The topological polar surface area (TPSA) is 72.0 Å². The molecule has 0 atom stereocenters. The van der Waals surface area contributed by atoms with Gasteiger partial charge in [0.2, 0.25) is 5.13 Å². The second-order valence-corrected chi connectivity index (χ2v) is 6.50. The van der Waals surface area contributed by atoms with E-state index in [2.05, 4.69) is 26.1 Å². The van der Waals surface area contributed by atoms with Gasteiger partial charge in [-0.25, -0.2) is 0 Å². The third kappa shape index (κ3) is 3.18. The minimum absolute atomic E-state index is 0.203. The maximum Gasteiger partial charge on any atom is 0.203 e. The smallest absolute Gasteiger partial charge is 0.203 e. The summed E-state index contributed by atoms with van der Waals surface area (Å²) < 4.78 is 0.890. The number of nitrogens with two attached hydrogens (primary N) is 1. The van der Waals surface area contributed by atoms with Crippen molar-refractivity contribution in [3.63, 3.8) is 0 Å². The van der Waals surface area contributed by atoms with Crippen molar-refractivity contribution < 1.29 is 5.11 Å². The van der Waals surface area contributed by atoms with E-state index in [1.54, 1.807) is 12.1 Å². The van der Waals surface area contributed by atoms with Crippen LogP contribution in [-0.2, 0) is 0 Å². The van der Waals surface area contributed by atoms with E-state index < -0.39 is 0 Å². The van der Waals surface area contributed by atoms with E-state index in [4.69, 9.17) is 5.73 Å². The summed E-state index contributed by atoms with van der Waals surface area (Å²) in [5, 5.41) is 19.2. The van der Waals surface area contributed by atoms with E-state index in [-0.39, 0.29) is 5.75 Å².